The van der Waals surface area contributed by atoms with Crippen LogP contribution in [0.5, 0.6) is 11.5 Å². The molecule has 2 heterocycles. The van der Waals surface area contributed by atoms with Crippen LogP contribution >= 0.6 is 15.9 Å². The van der Waals surface area contributed by atoms with E-state index in [1.54, 1.807) is 24.3 Å². The summed E-state index contributed by atoms with van der Waals surface area (Å²) < 4.78 is 11.0. The maximum absolute atomic E-state index is 12.5. The van der Waals surface area contributed by atoms with E-state index >= 15 is 0 Å². The van der Waals surface area contributed by atoms with Crippen LogP contribution in [0.25, 0.3) is 0 Å². The first-order valence-corrected chi connectivity index (χ1v) is 8.50. The van der Waals surface area contributed by atoms with Crippen molar-refractivity contribution in [2.45, 2.75) is 19.8 Å². The number of benzene rings is 1. The SMILES string of the molecule is Cc1cc(O)c(C(c2ccc(Br)cc2)c2c(O)cc(C)oc2=O)c(=O)o1. The average Bonchev–Trinajstić information content (AvgIpc) is 2.52. The molecule has 0 aliphatic rings. The molecule has 3 rings (SSSR count). The van der Waals surface area contributed by atoms with Crippen molar-refractivity contribution >= 4 is 15.9 Å². The number of hydrogen-bond acceptors (Lipinski definition) is 6. The van der Waals surface area contributed by atoms with Crippen LogP contribution in [-0.2, 0) is 0 Å². The minimum Gasteiger partial charge on any atom is -0.507 e. The Bertz CT molecular complexity index is 1010. The molecule has 2 aromatic heterocycles. The number of rotatable bonds is 3. The second-order valence-corrected chi connectivity index (χ2v) is 6.79. The number of aromatic hydroxyl groups is 2. The molecule has 0 radical (unpaired) electrons. The topological polar surface area (TPSA) is 101 Å². The van der Waals surface area contributed by atoms with Gasteiger partial charge in [0.1, 0.15) is 23.0 Å². The van der Waals surface area contributed by atoms with Gasteiger partial charge in [0.25, 0.3) is 0 Å². The van der Waals surface area contributed by atoms with Crippen molar-refractivity contribution < 1.29 is 19.0 Å². The summed E-state index contributed by atoms with van der Waals surface area (Å²) in [7, 11) is 0. The third-order valence-corrected chi connectivity index (χ3v) is 4.49. The Morgan fingerprint density at radius 2 is 1.27 bits per heavy atom. The normalized spacial score (nSPS) is 11.1. The fourth-order valence-electron chi connectivity index (χ4n) is 2.88. The van der Waals surface area contributed by atoms with Gasteiger partial charge in [-0.3, -0.25) is 0 Å². The molecule has 0 saturated carbocycles. The standard InChI is InChI=1S/C19H15BrO6/c1-9-7-13(21)16(18(23)25-9)15(11-3-5-12(20)6-4-11)17-14(22)8-10(2)26-19(17)24/h3-8,15,21-22H,1-2H3. The quantitative estimate of drug-likeness (QED) is 0.674. The van der Waals surface area contributed by atoms with Gasteiger partial charge in [-0.2, -0.15) is 0 Å². The molecular formula is C19H15BrO6. The van der Waals surface area contributed by atoms with E-state index in [9.17, 15) is 19.8 Å². The Morgan fingerprint density at radius 3 is 1.65 bits per heavy atom. The van der Waals surface area contributed by atoms with E-state index < -0.39 is 17.2 Å². The van der Waals surface area contributed by atoms with Gasteiger partial charge in [-0.25, -0.2) is 9.59 Å². The van der Waals surface area contributed by atoms with Gasteiger partial charge in [0.2, 0.25) is 0 Å². The second-order valence-electron chi connectivity index (χ2n) is 5.87. The Morgan fingerprint density at radius 1 is 0.846 bits per heavy atom. The molecule has 0 aliphatic carbocycles. The van der Waals surface area contributed by atoms with Gasteiger partial charge in [-0.15, -0.1) is 0 Å². The first-order valence-electron chi connectivity index (χ1n) is 7.70. The van der Waals surface area contributed by atoms with Crippen molar-refractivity contribution in [1.29, 1.82) is 0 Å². The fourth-order valence-corrected chi connectivity index (χ4v) is 3.14. The summed E-state index contributed by atoms with van der Waals surface area (Å²) >= 11 is 3.32. The van der Waals surface area contributed by atoms with Crippen molar-refractivity contribution in [1.82, 2.24) is 0 Å². The largest absolute Gasteiger partial charge is 0.507 e. The van der Waals surface area contributed by atoms with Crippen LogP contribution < -0.4 is 11.3 Å². The number of aryl methyl sites for hydroxylation is 2. The first kappa shape index (κ1) is 18.0. The molecule has 0 saturated heterocycles. The maximum atomic E-state index is 12.5. The van der Waals surface area contributed by atoms with Crippen molar-refractivity contribution in [3.8, 4) is 11.5 Å². The average molecular weight is 419 g/mol. The van der Waals surface area contributed by atoms with Crippen LogP contribution in [0.3, 0.4) is 0 Å². The van der Waals surface area contributed by atoms with Crippen molar-refractivity contribution in [2.24, 2.45) is 0 Å². The van der Waals surface area contributed by atoms with Crippen LogP contribution in [0.2, 0.25) is 0 Å². The zero-order chi connectivity index (χ0) is 19.0. The Balaban J connectivity index is 2.38. The van der Waals surface area contributed by atoms with Crippen molar-refractivity contribution in [3.05, 3.63) is 89.9 Å². The van der Waals surface area contributed by atoms with E-state index in [1.165, 1.54) is 26.0 Å². The lowest BCUT2D eigenvalue weighted by Gasteiger charge is -2.18. The highest BCUT2D eigenvalue weighted by Crippen LogP contribution is 2.37. The maximum Gasteiger partial charge on any atom is 0.343 e. The van der Waals surface area contributed by atoms with Gasteiger partial charge in [0, 0.05) is 16.6 Å². The van der Waals surface area contributed by atoms with Gasteiger partial charge < -0.3 is 19.0 Å². The third kappa shape index (κ3) is 3.30. The Hall–Kier alpha value is -2.80. The summed E-state index contributed by atoms with van der Waals surface area (Å²) in [5.74, 6) is -1.26. The van der Waals surface area contributed by atoms with Gasteiger partial charge in [-0.05, 0) is 31.5 Å². The van der Waals surface area contributed by atoms with Gasteiger partial charge in [0.05, 0.1) is 17.0 Å². The number of hydrogen-bond donors (Lipinski definition) is 2. The third-order valence-electron chi connectivity index (χ3n) is 3.96. The second kappa shape index (κ2) is 6.84. The minimum absolute atomic E-state index is 0.149. The summed E-state index contributed by atoms with van der Waals surface area (Å²) in [5.41, 5.74) is -1.38. The molecule has 26 heavy (non-hydrogen) atoms. The molecule has 1 aromatic carbocycles. The molecule has 0 fully saturated rings. The van der Waals surface area contributed by atoms with Crippen LogP contribution in [0.1, 0.15) is 34.1 Å². The molecule has 0 spiro atoms. The highest BCUT2D eigenvalue weighted by Gasteiger charge is 2.30. The smallest absolute Gasteiger partial charge is 0.343 e. The van der Waals surface area contributed by atoms with Crippen molar-refractivity contribution in [2.75, 3.05) is 0 Å². The summed E-state index contributed by atoms with van der Waals surface area (Å²) in [5, 5.41) is 20.7. The van der Waals surface area contributed by atoms with E-state index in [4.69, 9.17) is 8.83 Å². The van der Waals surface area contributed by atoms with Crippen molar-refractivity contribution in [3.63, 3.8) is 0 Å². The van der Waals surface area contributed by atoms with Crippen LogP contribution in [0.15, 0.2) is 59.3 Å². The summed E-state index contributed by atoms with van der Waals surface area (Å²) in [4.78, 5) is 24.9. The molecule has 7 heteroatoms. The molecule has 134 valence electrons. The monoisotopic (exact) mass is 418 g/mol. The van der Waals surface area contributed by atoms with Crippen LogP contribution in [0, 0.1) is 13.8 Å². The lowest BCUT2D eigenvalue weighted by Crippen LogP contribution is -2.21. The lowest BCUT2D eigenvalue weighted by molar-refractivity contribution is 0.407. The van der Waals surface area contributed by atoms with Crippen LogP contribution in [0.4, 0.5) is 0 Å². The fraction of sp³-hybridized carbons (Fsp3) is 0.158. The van der Waals surface area contributed by atoms with E-state index in [0.717, 1.165) is 4.47 Å². The highest BCUT2D eigenvalue weighted by molar-refractivity contribution is 9.10. The van der Waals surface area contributed by atoms with E-state index in [0.29, 0.717) is 5.56 Å². The highest BCUT2D eigenvalue weighted by atomic mass is 79.9. The van der Waals surface area contributed by atoms with E-state index in [2.05, 4.69) is 15.9 Å². The zero-order valence-electron chi connectivity index (χ0n) is 13.9. The molecule has 2 N–H and O–H groups in total. The predicted octanol–water partition coefficient (Wildman–Crippen LogP) is 3.56. The molecule has 0 atom stereocenters. The molecule has 6 nitrogen and oxygen atoms in total. The Kier molecular flexibility index (Phi) is 4.73. The minimum atomic E-state index is -1.06. The summed E-state index contributed by atoms with van der Waals surface area (Å²) in [6, 6.07) is 9.37. The molecule has 0 bridgehead atoms. The zero-order valence-corrected chi connectivity index (χ0v) is 15.5. The lowest BCUT2D eigenvalue weighted by atomic mass is 9.85. The van der Waals surface area contributed by atoms with Gasteiger partial charge >= 0.3 is 11.3 Å². The van der Waals surface area contributed by atoms with Gasteiger partial charge in [-0.1, -0.05) is 28.1 Å². The molecule has 0 aliphatic heterocycles. The molecule has 0 unspecified atom stereocenters. The van der Waals surface area contributed by atoms with Gasteiger partial charge in [0.15, 0.2) is 0 Å². The van der Waals surface area contributed by atoms with Crippen LogP contribution in [-0.4, -0.2) is 10.2 Å². The predicted molar refractivity (Wildman–Crippen MR) is 97.8 cm³/mol. The van der Waals surface area contributed by atoms with E-state index in [-0.39, 0.29) is 34.1 Å². The molecule has 3 aromatic rings. The molecule has 0 amide bonds. The summed E-state index contributed by atoms with van der Waals surface area (Å²) in [6.45, 7) is 3.05. The molecular weight excluding hydrogens is 404 g/mol. The Labute approximate surface area is 156 Å². The number of halogens is 1. The summed E-state index contributed by atoms with van der Waals surface area (Å²) in [6.07, 6.45) is 0. The van der Waals surface area contributed by atoms with E-state index in [1.807, 2.05) is 0 Å². The first-order chi connectivity index (χ1) is 12.3.